The smallest absolute Gasteiger partial charge is 0.264 e. The number of carbonyl (C=O) groups is 2. The van der Waals surface area contributed by atoms with Crippen molar-refractivity contribution < 1.29 is 22.7 Å². The number of benzene rings is 3. The Bertz CT molecular complexity index is 1480. The molecule has 0 unspecified atom stereocenters. The zero-order chi connectivity index (χ0) is 31.0. The van der Waals surface area contributed by atoms with Crippen LogP contribution >= 0.6 is 11.6 Å². The molecule has 0 fully saturated rings. The van der Waals surface area contributed by atoms with E-state index in [1.54, 1.807) is 56.5 Å². The normalized spacial score (nSPS) is 12.7. The summed E-state index contributed by atoms with van der Waals surface area (Å²) in [4.78, 5) is 29.1. The lowest BCUT2D eigenvalue weighted by Gasteiger charge is -2.34. The molecular formula is C32H40ClN3O5S. The lowest BCUT2D eigenvalue weighted by Crippen LogP contribution is -2.53. The third-order valence-electron chi connectivity index (χ3n) is 7.29. The van der Waals surface area contributed by atoms with Gasteiger partial charge in [-0.3, -0.25) is 13.9 Å². The monoisotopic (exact) mass is 613 g/mol. The molecule has 0 aliphatic heterocycles. The van der Waals surface area contributed by atoms with Gasteiger partial charge in [0.25, 0.3) is 10.0 Å². The van der Waals surface area contributed by atoms with Gasteiger partial charge in [0.1, 0.15) is 18.3 Å². The number of anilines is 1. The molecule has 0 aliphatic rings. The molecular weight excluding hydrogens is 574 g/mol. The van der Waals surface area contributed by atoms with Gasteiger partial charge >= 0.3 is 0 Å². The van der Waals surface area contributed by atoms with Gasteiger partial charge in [-0.25, -0.2) is 8.42 Å². The van der Waals surface area contributed by atoms with Crippen LogP contribution in [0.3, 0.4) is 0 Å². The van der Waals surface area contributed by atoms with Gasteiger partial charge in [-0.05, 0) is 81.1 Å². The summed E-state index contributed by atoms with van der Waals surface area (Å²) in [5.74, 6) is -0.155. The van der Waals surface area contributed by atoms with Crippen LogP contribution < -0.4 is 14.4 Å². The SMILES string of the molecule is CC[C@H](C(=O)N[C@@H](C)CC)N(Cc1ccc(OC)cc1)C(=O)CN(c1cccc(Cl)c1C)S(=O)(=O)c1ccc(C)cc1. The second kappa shape index (κ2) is 14.6. The summed E-state index contributed by atoms with van der Waals surface area (Å²) in [6.45, 7) is 8.85. The first-order chi connectivity index (χ1) is 19.9. The molecule has 0 aliphatic carbocycles. The molecule has 0 bridgehead atoms. The Morgan fingerprint density at radius 3 is 2.17 bits per heavy atom. The Kier molecular flexibility index (Phi) is 11.4. The van der Waals surface area contributed by atoms with E-state index in [2.05, 4.69) is 5.32 Å². The fraction of sp³-hybridized carbons (Fsp3) is 0.375. The Labute approximate surface area is 254 Å². The average molecular weight is 614 g/mol. The van der Waals surface area contributed by atoms with E-state index in [1.807, 2.05) is 39.8 Å². The molecule has 0 heterocycles. The lowest BCUT2D eigenvalue weighted by atomic mass is 10.1. The number of hydrogen-bond donors (Lipinski definition) is 1. The highest BCUT2D eigenvalue weighted by Crippen LogP contribution is 2.31. The molecule has 0 aromatic heterocycles. The molecule has 3 rings (SSSR count). The van der Waals surface area contributed by atoms with Crippen LogP contribution in [0.25, 0.3) is 0 Å². The van der Waals surface area contributed by atoms with Gasteiger partial charge in [0, 0.05) is 17.6 Å². The summed E-state index contributed by atoms with van der Waals surface area (Å²) in [6, 6.07) is 17.7. The number of halogens is 1. The third kappa shape index (κ3) is 7.83. The van der Waals surface area contributed by atoms with Crippen molar-refractivity contribution in [1.82, 2.24) is 10.2 Å². The standard InChI is InChI=1S/C32H40ClN3O5S/c1-7-23(4)34-32(38)29(8-2)35(20-25-14-16-26(41-6)17-15-25)31(37)21-36(30-11-9-10-28(33)24(30)5)42(39,40)27-18-12-22(3)13-19-27/h9-19,23,29H,7-8,20-21H2,1-6H3,(H,34,38)/t23-,29+/m0/s1. The minimum Gasteiger partial charge on any atom is -0.497 e. The highest BCUT2D eigenvalue weighted by Gasteiger charge is 2.34. The van der Waals surface area contributed by atoms with Crippen molar-refractivity contribution in [2.75, 3.05) is 18.0 Å². The Balaban J connectivity index is 2.09. The number of nitrogens with one attached hydrogen (secondary N) is 1. The molecule has 0 radical (unpaired) electrons. The summed E-state index contributed by atoms with van der Waals surface area (Å²) in [5, 5.41) is 3.35. The number of rotatable bonds is 13. The number of sulfonamides is 1. The van der Waals surface area contributed by atoms with Crippen LogP contribution in [0, 0.1) is 13.8 Å². The third-order valence-corrected chi connectivity index (χ3v) is 9.48. The van der Waals surface area contributed by atoms with Crippen molar-refractivity contribution in [2.24, 2.45) is 0 Å². The molecule has 42 heavy (non-hydrogen) atoms. The summed E-state index contributed by atoms with van der Waals surface area (Å²) < 4.78 is 34.5. The van der Waals surface area contributed by atoms with Crippen LogP contribution in [0.5, 0.6) is 5.75 Å². The molecule has 0 spiro atoms. The van der Waals surface area contributed by atoms with E-state index >= 15 is 0 Å². The number of methoxy groups -OCH3 is 1. The summed E-state index contributed by atoms with van der Waals surface area (Å²) in [6.07, 6.45) is 1.07. The molecule has 2 atom stereocenters. The van der Waals surface area contributed by atoms with Crippen LogP contribution in [0.1, 0.15) is 50.3 Å². The summed E-state index contributed by atoms with van der Waals surface area (Å²) >= 11 is 6.40. The summed E-state index contributed by atoms with van der Waals surface area (Å²) in [7, 11) is -2.62. The topological polar surface area (TPSA) is 96.0 Å². The molecule has 0 saturated heterocycles. The minimum atomic E-state index is -4.19. The van der Waals surface area contributed by atoms with E-state index in [0.29, 0.717) is 22.8 Å². The molecule has 226 valence electrons. The van der Waals surface area contributed by atoms with Gasteiger partial charge in [-0.1, -0.05) is 61.3 Å². The zero-order valence-corrected chi connectivity index (χ0v) is 26.6. The maximum absolute atomic E-state index is 14.2. The zero-order valence-electron chi connectivity index (χ0n) is 25.1. The number of aryl methyl sites for hydroxylation is 1. The van der Waals surface area contributed by atoms with E-state index < -0.39 is 28.5 Å². The fourth-order valence-corrected chi connectivity index (χ4v) is 6.15. The van der Waals surface area contributed by atoms with Gasteiger partial charge in [-0.2, -0.15) is 0 Å². The fourth-order valence-electron chi connectivity index (χ4n) is 4.51. The van der Waals surface area contributed by atoms with Crippen molar-refractivity contribution in [1.29, 1.82) is 0 Å². The van der Waals surface area contributed by atoms with Crippen LogP contribution in [0.15, 0.2) is 71.6 Å². The van der Waals surface area contributed by atoms with Crippen molar-refractivity contribution in [3.8, 4) is 5.75 Å². The first-order valence-corrected chi connectivity index (χ1v) is 15.8. The molecule has 8 nitrogen and oxygen atoms in total. The molecule has 1 N–H and O–H groups in total. The van der Waals surface area contributed by atoms with Gasteiger partial charge in [0.05, 0.1) is 17.7 Å². The van der Waals surface area contributed by atoms with E-state index in [9.17, 15) is 18.0 Å². The summed E-state index contributed by atoms with van der Waals surface area (Å²) in [5.41, 5.74) is 2.48. The van der Waals surface area contributed by atoms with E-state index in [4.69, 9.17) is 16.3 Å². The highest BCUT2D eigenvalue weighted by atomic mass is 35.5. The first kappa shape index (κ1) is 32.9. The van der Waals surface area contributed by atoms with Gasteiger partial charge in [-0.15, -0.1) is 0 Å². The molecule has 3 aromatic carbocycles. The predicted molar refractivity (Wildman–Crippen MR) is 167 cm³/mol. The predicted octanol–water partition coefficient (Wildman–Crippen LogP) is 5.88. The Hall–Kier alpha value is -3.56. The second-order valence-electron chi connectivity index (χ2n) is 10.3. The van der Waals surface area contributed by atoms with Gasteiger partial charge in [0.2, 0.25) is 11.8 Å². The molecule has 2 amide bonds. The number of carbonyl (C=O) groups excluding carboxylic acids is 2. The Morgan fingerprint density at radius 1 is 0.952 bits per heavy atom. The quantitative estimate of drug-likeness (QED) is 0.260. The first-order valence-electron chi connectivity index (χ1n) is 14.0. The molecule has 3 aromatic rings. The lowest BCUT2D eigenvalue weighted by molar-refractivity contribution is -0.140. The largest absolute Gasteiger partial charge is 0.497 e. The maximum Gasteiger partial charge on any atom is 0.264 e. The second-order valence-corrected chi connectivity index (χ2v) is 12.6. The molecule has 0 saturated carbocycles. The van der Waals surface area contributed by atoms with E-state index in [0.717, 1.165) is 21.9 Å². The minimum absolute atomic E-state index is 0.0449. The average Bonchev–Trinajstić information content (AvgIpc) is 2.97. The highest BCUT2D eigenvalue weighted by molar-refractivity contribution is 7.92. The van der Waals surface area contributed by atoms with E-state index in [1.165, 1.54) is 17.0 Å². The maximum atomic E-state index is 14.2. The number of amides is 2. The van der Waals surface area contributed by atoms with Gasteiger partial charge in [0.15, 0.2) is 0 Å². The van der Waals surface area contributed by atoms with Crippen molar-refractivity contribution in [2.45, 2.75) is 71.0 Å². The van der Waals surface area contributed by atoms with Crippen LogP contribution in [-0.4, -0.2) is 50.9 Å². The van der Waals surface area contributed by atoms with Gasteiger partial charge < -0.3 is 15.0 Å². The van der Waals surface area contributed by atoms with Crippen LogP contribution in [0.2, 0.25) is 5.02 Å². The molecule has 10 heteroatoms. The van der Waals surface area contributed by atoms with Crippen molar-refractivity contribution >= 4 is 39.1 Å². The number of nitrogens with zero attached hydrogens (tertiary/aromatic N) is 2. The van der Waals surface area contributed by atoms with Crippen LogP contribution in [0.4, 0.5) is 5.69 Å². The Morgan fingerprint density at radius 2 is 1.60 bits per heavy atom. The van der Waals surface area contributed by atoms with E-state index in [-0.39, 0.29) is 29.1 Å². The van der Waals surface area contributed by atoms with Crippen LogP contribution in [-0.2, 0) is 26.2 Å². The number of hydrogen-bond acceptors (Lipinski definition) is 5. The van der Waals surface area contributed by atoms with Crippen molar-refractivity contribution in [3.63, 3.8) is 0 Å². The number of ether oxygens (including phenoxy) is 1. The van der Waals surface area contributed by atoms with Crippen molar-refractivity contribution in [3.05, 3.63) is 88.4 Å².